The molecule has 0 bridgehead atoms. The molecule has 1 saturated heterocycles. The minimum absolute atomic E-state index is 0.0498. The van der Waals surface area contributed by atoms with Crippen LogP contribution < -0.4 is 9.47 Å². The summed E-state index contributed by atoms with van der Waals surface area (Å²) in [7, 11) is 0. The highest BCUT2D eigenvalue weighted by molar-refractivity contribution is 6.46. The van der Waals surface area contributed by atoms with E-state index < -0.39 is 17.7 Å². The summed E-state index contributed by atoms with van der Waals surface area (Å²) < 4.78 is 11.7. The molecule has 7 heteroatoms. The molecular formula is C30H30N2O5. The highest BCUT2D eigenvalue weighted by Crippen LogP contribution is 2.42. The minimum Gasteiger partial charge on any atom is -0.507 e. The number of hydrogen-bond acceptors (Lipinski definition) is 6. The van der Waals surface area contributed by atoms with E-state index in [0.29, 0.717) is 29.9 Å². The van der Waals surface area contributed by atoms with Gasteiger partial charge in [-0.05, 0) is 72.5 Å². The highest BCUT2D eigenvalue weighted by atomic mass is 16.5. The van der Waals surface area contributed by atoms with Gasteiger partial charge in [-0.2, -0.15) is 0 Å². The van der Waals surface area contributed by atoms with Gasteiger partial charge < -0.3 is 19.5 Å². The molecule has 1 fully saturated rings. The molecule has 7 nitrogen and oxygen atoms in total. The first-order valence-electron chi connectivity index (χ1n) is 12.7. The molecule has 2 aliphatic heterocycles. The van der Waals surface area contributed by atoms with Crippen LogP contribution in [0.25, 0.3) is 5.76 Å². The van der Waals surface area contributed by atoms with Crippen molar-refractivity contribution in [2.45, 2.75) is 51.8 Å². The SMILES string of the molecule is CCCCOc1cccc(C2C(=C(O)c3ccc4c(c3)CC(C)O4)C(=O)C(=O)N2Cc2ccncc2)c1. The van der Waals surface area contributed by atoms with Crippen molar-refractivity contribution in [3.05, 3.63) is 94.8 Å². The Morgan fingerprint density at radius 2 is 1.95 bits per heavy atom. The second kappa shape index (κ2) is 10.5. The minimum atomic E-state index is -0.772. The fraction of sp³-hybridized carbons (Fsp3) is 0.300. The summed E-state index contributed by atoms with van der Waals surface area (Å²) >= 11 is 0. The molecule has 2 atom stereocenters. The lowest BCUT2D eigenvalue weighted by Gasteiger charge is -2.26. The van der Waals surface area contributed by atoms with E-state index in [1.807, 2.05) is 49.4 Å². The zero-order chi connectivity index (χ0) is 25.9. The Hall–Kier alpha value is -4.13. The summed E-state index contributed by atoms with van der Waals surface area (Å²) in [6, 6.07) is 15.6. The maximum Gasteiger partial charge on any atom is 0.295 e. The third-order valence-corrected chi connectivity index (χ3v) is 6.75. The number of unbranched alkanes of at least 4 members (excludes halogenated alkanes) is 1. The fourth-order valence-corrected chi connectivity index (χ4v) is 4.91. The summed E-state index contributed by atoms with van der Waals surface area (Å²) in [4.78, 5) is 32.3. The lowest BCUT2D eigenvalue weighted by Crippen LogP contribution is -2.29. The van der Waals surface area contributed by atoms with Crippen molar-refractivity contribution in [2.75, 3.05) is 6.61 Å². The largest absolute Gasteiger partial charge is 0.507 e. The fourth-order valence-electron chi connectivity index (χ4n) is 4.91. The first-order valence-corrected chi connectivity index (χ1v) is 12.7. The third-order valence-electron chi connectivity index (χ3n) is 6.75. The first kappa shape index (κ1) is 24.6. The normalized spacial score (nSPS) is 20.1. The van der Waals surface area contributed by atoms with E-state index in [0.717, 1.165) is 29.7 Å². The molecule has 3 heterocycles. The number of pyridine rings is 1. The van der Waals surface area contributed by atoms with Gasteiger partial charge in [-0.15, -0.1) is 0 Å². The summed E-state index contributed by atoms with van der Waals surface area (Å²) in [6.07, 6.45) is 6.00. The molecule has 3 aromatic rings. The molecule has 2 aliphatic rings. The molecule has 2 unspecified atom stereocenters. The van der Waals surface area contributed by atoms with Crippen molar-refractivity contribution in [3.63, 3.8) is 0 Å². The number of fused-ring (bicyclic) bond motifs is 1. The number of aromatic nitrogens is 1. The van der Waals surface area contributed by atoms with Crippen LogP contribution in [0, 0.1) is 0 Å². The Balaban J connectivity index is 1.59. The first-order chi connectivity index (χ1) is 18.0. The van der Waals surface area contributed by atoms with Gasteiger partial charge in [-0.25, -0.2) is 0 Å². The average Bonchev–Trinajstić information content (AvgIpc) is 3.40. The Morgan fingerprint density at radius 3 is 2.73 bits per heavy atom. The van der Waals surface area contributed by atoms with Gasteiger partial charge in [0.1, 0.15) is 23.4 Å². The second-order valence-corrected chi connectivity index (χ2v) is 9.51. The number of Topliss-reactive ketones (excluding diaryl/α,β-unsaturated/α-hetero) is 1. The van der Waals surface area contributed by atoms with Gasteiger partial charge in [0.25, 0.3) is 11.7 Å². The molecule has 5 rings (SSSR count). The lowest BCUT2D eigenvalue weighted by atomic mass is 9.94. The molecule has 37 heavy (non-hydrogen) atoms. The molecule has 0 spiro atoms. The van der Waals surface area contributed by atoms with Gasteiger partial charge >= 0.3 is 0 Å². The van der Waals surface area contributed by atoms with Crippen LogP contribution in [-0.4, -0.2) is 39.4 Å². The quantitative estimate of drug-likeness (QED) is 0.199. The predicted octanol–water partition coefficient (Wildman–Crippen LogP) is 5.21. The number of amides is 1. The number of likely N-dealkylation sites (tertiary alicyclic amines) is 1. The Kier molecular flexibility index (Phi) is 6.95. The van der Waals surface area contributed by atoms with E-state index >= 15 is 0 Å². The summed E-state index contributed by atoms with van der Waals surface area (Å²) in [5.41, 5.74) is 3.05. The molecule has 0 saturated carbocycles. The molecule has 0 aliphatic carbocycles. The van der Waals surface area contributed by atoms with Crippen LogP contribution in [0.3, 0.4) is 0 Å². The van der Waals surface area contributed by atoms with Crippen LogP contribution in [0.4, 0.5) is 0 Å². The topological polar surface area (TPSA) is 89.0 Å². The number of ketones is 1. The molecule has 1 amide bonds. The van der Waals surface area contributed by atoms with E-state index in [1.165, 1.54) is 4.90 Å². The zero-order valence-corrected chi connectivity index (χ0v) is 21.0. The maximum atomic E-state index is 13.4. The number of aliphatic hydroxyl groups is 1. The molecular weight excluding hydrogens is 468 g/mol. The Morgan fingerprint density at radius 1 is 1.14 bits per heavy atom. The smallest absolute Gasteiger partial charge is 0.295 e. The van der Waals surface area contributed by atoms with Gasteiger partial charge in [0.05, 0.1) is 18.2 Å². The van der Waals surface area contributed by atoms with Crippen LogP contribution in [0.2, 0.25) is 0 Å². The van der Waals surface area contributed by atoms with Crippen molar-refractivity contribution in [2.24, 2.45) is 0 Å². The van der Waals surface area contributed by atoms with E-state index in [2.05, 4.69) is 11.9 Å². The van der Waals surface area contributed by atoms with Gasteiger partial charge in [-0.1, -0.05) is 25.5 Å². The molecule has 2 aromatic carbocycles. The van der Waals surface area contributed by atoms with Gasteiger partial charge in [0.2, 0.25) is 0 Å². The van der Waals surface area contributed by atoms with Crippen LogP contribution >= 0.6 is 0 Å². The number of ether oxygens (including phenoxy) is 2. The number of rotatable bonds is 8. The number of carbonyl (C=O) groups excluding carboxylic acids is 2. The van der Waals surface area contributed by atoms with Crippen LogP contribution in [0.1, 0.15) is 55.0 Å². The molecule has 0 radical (unpaired) electrons. The number of hydrogen-bond donors (Lipinski definition) is 1. The monoisotopic (exact) mass is 498 g/mol. The molecule has 1 aromatic heterocycles. The lowest BCUT2D eigenvalue weighted by molar-refractivity contribution is -0.140. The number of benzene rings is 2. The number of carbonyl (C=O) groups is 2. The average molecular weight is 499 g/mol. The Labute approximate surface area is 216 Å². The summed E-state index contributed by atoms with van der Waals surface area (Å²) in [5.74, 6) is -0.127. The van der Waals surface area contributed by atoms with Crippen molar-refractivity contribution in [1.29, 1.82) is 0 Å². The molecule has 190 valence electrons. The van der Waals surface area contributed by atoms with Crippen molar-refractivity contribution >= 4 is 17.4 Å². The van der Waals surface area contributed by atoms with Gasteiger partial charge in [-0.3, -0.25) is 14.6 Å². The summed E-state index contributed by atoms with van der Waals surface area (Å²) in [5, 5.41) is 11.5. The van der Waals surface area contributed by atoms with Crippen LogP contribution in [0.15, 0.2) is 72.6 Å². The number of aliphatic hydroxyl groups excluding tert-OH is 1. The zero-order valence-electron chi connectivity index (χ0n) is 21.0. The summed E-state index contributed by atoms with van der Waals surface area (Å²) in [6.45, 7) is 4.86. The van der Waals surface area contributed by atoms with Crippen molar-refractivity contribution < 1.29 is 24.2 Å². The van der Waals surface area contributed by atoms with Gasteiger partial charge in [0.15, 0.2) is 0 Å². The van der Waals surface area contributed by atoms with Crippen LogP contribution in [0.5, 0.6) is 11.5 Å². The predicted molar refractivity (Wildman–Crippen MR) is 139 cm³/mol. The Bertz CT molecular complexity index is 1350. The van der Waals surface area contributed by atoms with Crippen LogP contribution in [-0.2, 0) is 22.6 Å². The van der Waals surface area contributed by atoms with Gasteiger partial charge in [0, 0.05) is 30.9 Å². The highest BCUT2D eigenvalue weighted by Gasteiger charge is 2.46. The second-order valence-electron chi connectivity index (χ2n) is 9.51. The molecule has 1 N–H and O–H groups in total. The standard InChI is InChI=1S/C30H30N2O5/c1-3-4-14-36-24-7-5-6-21(17-24)27-26(28(33)22-8-9-25-23(16-22)15-19(2)37-25)29(34)30(35)32(27)18-20-10-12-31-13-11-20/h5-13,16-17,19,27,33H,3-4,14-15,18H2,1-2H3. The maximum absolute atomic E-state index is 13.4. The van der Waals surface area contributed by atoms with E-state index in [-0.39, 0.29) is 24.0 Å². The van der Waals surface area contributed by atoms with E-state index in [9.17, 15) is 14.7 Å². The van der Waals surface area contributed by atoms with Crippen molar-refractivity contribution in [1.82, 2.24) is 9.88 Å². The third kappa shape index (κ3) is 4.94. The number of nitrogens with zero attached hydrogens (tertiary/aromatic N) is 2. The van der Waals surface area contributed by atoms with Crippen molar-refractivity contribution in [3.8, 4) is 11.5 Å². The van der Waals surface area contributed by atoms with E-state index in [1.54, 1.807) is 24.5 Å². The van der Waals surface area contributed by atoms with E-state index in [4.69, 9.17) is 9.47 Å².